The fourth-order valence-corrected chi connectivity index (χ4v) is 1.99. The van der Waals surface area contributed by atoms with Gasteiger partial charge >= 0.3 is 5.97 Å². The van der Waals surface area contributed by atoms with Crippen molar-refractivity contribution in [2.45, 2.75) is 26.8 Å². The van der Waals surface area contributed by atoms with Gasteiger partial charge in [-0.1, -0.05) is 26.0 Å². The molecule has 1 fully saturated rings. The molecule has 4 heteroatoms. The molecule has 96 valence electrons. The predicted molar refractivity (Wildman–Crippen MR) is 67.1 cm³/mol. The van der Waals surface area contributed by atoms with E-state index in [1.807, 2.05) is 0 Å². The number of aromatic carboxylic acids is 1. The van der Waals surface area contributed by atoms with Crippen molar-refractivity contribution >= 4 is 11.9 Å². The van der Waals surface area contributed by atoms with Crippen LogP contribution in [0.25, 0.3) is 0 Å². The molecular formula is C14H17NO3. The number of hydrogen-bond acceptors (Lipinski definition) is 2. The van der Waals surface area contributed by atoms with Gasteiger partial charge in [0, 0.05) is 12.5 Å². The minimum Gasteiger partial charge on any atom is -0.478 e. The number of carbonyl (C=O) groups is 2. The molecule has 4 nitrogen and oxygen atoms in total. The number of hydrogen-bond donors (Lipinski definition) is 2. The predicted octanol–water partition coefficient (Wildman–Crippen LogP) is 2.05. The van der Waals surface area contributed by atoms with Crippen LogP contribution < -0.4 is 5.32 Å². The van der Waals surface area contributed by atoms with Gasteiger partial charge in [0.15, 0.2) is 0 Å². The van der Waals surface area contributed by atoms with Gasteiger partial charge in [0.25, 0.3) is 0 Å². The van der Waals surface area contributed by atoms with E-state index in [4.69, 9.17) is 5.11 Å². The normalized spacial score (nSPS) is 20.2. The topological polar surface area (TPSA) is 66.4 Å². The number of rotatable bonds is 4. The van der Waals surface area contributed by atoms with Crippen LogP contribution in [0.3, 0.4) is 0 Å². The molecule has 1 aliphatic carbocycles. The molecule has 1 aromatic rings. The van der Waals surface area contributed by atoms with E-state index in [0.717, 1.165) is 12.0 Å². The number of carboxylic acid groups (broad SMARTS) is 1. The number of amides is 1. The molecule has 18 heavy (non-hydrogen) atoms. The van der Waals surface area contributed by atoms with Crippen LogP contribution in [0, 0.1) is 11.3 Å². The Morgan fingerprint density at radius 1 is 1.33 bits per heavy atom. The van der Waals surface area contributed by atoms with E-state index in [0.29, 0.717) is 6.54 Å². The summed E-state index contributed by atoms with van der Waals surface area (Å²) in [5, 5.41) is 11.6. The molecule has 1 atom stereocenters. The number of benzene rings is 1. The summed E-state index contributed by atoms with van der Waals surface area (Å²) in [5.74, 6) is -0.733. The van der Waals surface area contributed by atoms with Crippen molar-refractivity contribution in [2.24, 2.45) is 11.3 Å². The zero-order valence-electron chi connectivity index (χ0n) is 10.6. The first kappa shape index (κ1) is 12.6. The van der Waals surface area contributed by atoms with E-state index in [-0.39, 0.29) is 22.8 Å². The molecule has 0 aliphatic heterocycles. The Labute approximate surface area is 106 Å². The summed E-state index contributed by atoms with van der Waals surface area (Å²) in [7, 11) is 0. The fraction of sp³-hybridized carbons (Fsp3) is 0.429. The highest BCUT2D eigenvalue weighted by Gasteiger charge is 2.50. The van der Waals surface area contributed by atoms with Crippen LogP contribution in [-0.4, -0.2) is 17.0 Å². The Morgan fingerprint density at radius 3 is 2.33 bits per heavy atom. The molecule has 0 saturated heterocycles. The summed E-state index contributed by atoms with van der Waals surface area (Å²) in [6, 6.07) is 6.54. The molecule has 0 unspecified atom stereocenters. The van der Waals surface area contributed by atoms with Crippen LogP contribution in [-0.2, 0) is 11.3 Å². The highest BCUT2D eigenvalue weighted by molar-refractivity contribution is 5.87. The second kappa shape index (κ2) is 4.44. The van der Waals surface area contributed by atoms with Crippen molar-refractivity contribution in [3.05, 3.63) is 35.4 Å². The lowest BCUT2D eigenvalue weighted by Gasteiger charge is -2.07. The average molecular weight is 247 g/mol. The quantitative estimate of drug-likeness (QED) is 0.855. The van der Waals surface area contributed by atoms with E-state index in [1.54, 1.807) is 24.3 Å². The smallest absolute Gasteiger partial charge is 0.335 e. The van der Waals surface area contributed by atoms with Crippen LogP contribution in [0.15, 0.2) is 24.3 Å². The van der Waals surface area contributed by atoms with Crippen molar-refractivity contribution in [3.8, 4) is 0 Å². The molecular weight excluding hydrogens is 230 g/mol. The Bertz CT molecular complexity index is 476. The van der Waals surface area contributed by atoms with Crippen LogP contribution in [0.1, 0.15) is 36.2 Å². The molecule has 1 saturated carbocycles. The number of carboxylic acids is 1. The largest absolute Gasteiger partial charge is 0.478 e. The molecule has 1 aromatic carbocycles. The second-order valence-electron chi connectivity index (χ2n) is 5.47. The van der Waals surface area contributed by atoms with Crippen molar-refractivity contribution in [2.75, 3.05) is 0 Å². The molecule has 1 aliphatic rings. The maximum absolute atomic E-state index is 11.8. The third-order valence-corrected chi connectivity index (χ3v) is 3.50. The van der Waals surface area contributed by atoms with Gasteiger partial charge in [0.1, 0.15) is 0 Å². The van der Waals surface area contributed by atoms with E-state index < -0.39 is 5.97 Å². The summed E-state index contributed by atoms with van der Waals surface area (Å²) in [6.07, 6.45) is 0.941. The minimum absolute atomic E-state index is 0.0855. The molecule has 2 rings (SSSR count). The SMILES string of the molecule is CC1(C)C[C@@H]1C(=O)NCc1ccc(C(=O)O)cc1. The third-order valence-electron chi connectivity index (χ3n) is 3.50. The van der Waals surface area contributed by atoms with E-state index in [1.165, 1.54) is 0 Å². The van der Waals surface area contributed by atoms with Crippen molar-refractivity contribution in [1.29, 1.82) is 0 Å². The molecule has 0 aromatic heterocycles. The lowest BCUT2D eigenvalue weighted by molar-refractivity contribution is -0.123. The van der Waals surface area contributed by atoms with Gasteiger partial charge in [-0.2, -0.15) is 0 Å². The fourth-order valence-electron chi connectivity index (χ4n) is 1.99. The minimum atomic E-state index is -0.940. The summed E-state index contributed by atoms with van der Waals surface area (Å²) < 4.78 is 0. The lowest BCUT2D eigenvalue weighted by atomic mass is 10.1. The van der Waals surface area contributed by atoms with Crippen LogP contribution in [0.2, 0.25) is 0 Å². The maximum Gasteiger partial charge on any atom is 0.335 e. The van der Waals surface area contributed by atoms with E-state index in [2.05, 4.69) is 19.2 Å². The van der Waals surface area contributed by atoms with Crippen LogP contribution in [0.4, 0.5) is 0 Å². The molecule has 1 amide bonds. The number of carbonyl (C=O) groups excluding carboxylic acids is 1. The maximum atomic E-state index is 11.8. The molecule has 0 radical (unpaired) electrons. The van der Waals surface area contributed by atoms with Crippen molar-refractivity contribution in [1.82, 2.24) is 5.32 Å². The molecule has 2 N–H and O–H groups in total. The van der Waals surface area contributed by atoms with Gasteiger partial charge in [-0.15, -0.1) is 0 Å². The standard InChI is InChI=1S/C14H17NO3/c1-14(2)7-11(14)12(16)15-8-9-3-5-10(6-4-9)13(17)18/h3-6,11H,7-8H2,1-2H3,(H,15,16)(H,17,18)/t11-/m1/s1. The molecule has 0 spiro atoms. The van der Waals surface area contributed by atoms with Crippen LogP contribution in [0.5, 0.6) is 0 Å². The Morgan fingerprint density at radius 2 is 1.89 bits per heavy atom. The molecule has 0 heterocycles. The van der Waals surface area contributed by atoms with Gasteiger partial charge in [0.05, 0.1) is 5.56 Å². The zero-order chi connectivity index (χ0) is 13.3. The Hall–Kier alpha value is -1.84. The van der Waals surface area contributed by atoms with Gasteiger partial charge in [0.2, 0.25) is 5.91 Å². The molecule has 0 bridgehead atoms. The first-order chi connectivity index (χ1) is 8.40. The van der Waals surface area contributed by atoms with Gasteiger partial charge in [-0.3, -0.25) is 4.79 Å². The average Bonchev–Trinajstić information content (AvgIpc) is 2.96. The van der Waals surface area contributed by atoms with Gasteiger partial charge in [-0.05, 0) is 29.5 Å². The summed E-state index contributed by atoms with van der Waals surface area (Å²) >= 11 is 0. The van der Waals surface area contributed by atoms with Gasteiger partial charge < -0.3 is 10.4 Å². The van der Waals surface area contributed by atoms with Crippen molar-refractivity contribution in [3.63, 3.8) is 0 Å². The summed E-state index contributed by atoms with van der Waals surface area (Å²) in [5.41, 5.74) is 1.30. The highest BCUT2D eigenvalue weighted by atomic mass is 16.4. The Kier molecular flexibility index (Phi) is 3.11. The first-order valence-corrected chi connectivity index (χ1v) is 6.00. The summed E-state index contributed by atoms with van der Waals surface area (Å²) in [4.78, 5) is 22.4. The van der Waals surface area contributed by atoms with Crippen LogP contribution >= 0.6 is 0 Å². The number of nitrogens with one attached hydrogen (secondary N) is 1. The van der Waals surface area contributed by atoms with E-state index in [9.17, 15) is 9.59 Å². The first-order valence-electron chi connectivity index (χ1n) is 6.00. The second-order valence-corrected chi connectivity index (χ2v) is 5.47. The Balaban J connectivity index is 1.87. The van der Waals surface area contributed by atoms with E-state index >= 15 is 0 Å². The third kappa shape index (κ3) is 2.70. The highest BCUT2D eigenvalue weighted by Crippen LogP contribution is 2.51. The zero-order valence-corrected chi connectivity index (χ0v) is 10.6. The summed E-state index contributed by atoms with van der Waals surface area (Å²) in [6.45, 7) is 4.61. The lowest BCUT2D eigenvalue weighted by Crippen LogP contribution is -2.26. The van der Waals surface area contributed by atoms with Crippen molar-refractivity contribution < 1.29 is 14.7 Å². The van der Waals surface area contributed by atoms with Gasteiger partial charge in [-0.25, -0.2) is 4.79 Å². The monoisotopic (exact) mass is 247 g/mol.